The van der Waals surface area contributed by atoms with E-state index in [1.807, 2.05) is 0 Å². The van der Waals surface area contributed by atoms with Gasteiger partial charge >= 0.3 is 11.9 Å². The number of nitrogens with zero attached hydrogens (tertiary/aromatic N) is 1. The number of rotatable bonds is 35. The molecule has 1 aliphatic rings. The van der Waals surface area contributed by atoms with Crippen LogP contribution in [0.3, 0.4) is 0 Å². The number of aliphatic carboxylic acids is 2. The smallest absolute Gasteiger partial charge is 0.326 e. The summed E-state index contributed by atoms with van der Waals surface area (Å²) in [4.78, 5) is 171. The lowest BCUT2D eigenvalue weighted by molar-refractivity contribution is -0.144. The molecule has 1 fully saturated rings. The van der Waals surface area contributed by atoms with Crippen LogP contribution in [0.15, 0.2) is 0 Å². The number of carbonyl (C=O) groups excluding carboxylic acids is 11. The Balaban J connectivity index is 3.38. The molecule has 1 heterocycles. The topological polar surface area (TPSA) is 460 Å². The van der Waals surface area contributed by atoms with E-state index in [1.54, 1.807) is 69.2 Å². The van der Waals surface area contributed by atoms with Crippen molar-refractivity contribution in [2.75, 3.05) is 13.2 Å². The molecule has 11 amide bonds. The van der Waals surface area contributed by atoms with E-state index >= 15 is 0 Å². The SMILES string of the molecule is CC[C@H](C)[C@H](NC(=O)[C@H](CO)NC(=O)[C@H](CC(C)C)NC(=O)[C@@H](NC(=O)[C@@H]1CCCN1C(=O)[C@H](CCC(=O)O)NC(=O)[C@@H](NC(=O)[C@@H](N)CC(N)=O)[C@@H](C)CC)C(C)C)C(=O)N[C@@H](CC(C)C)C(=O)N[C@@H](CC(N)=O)C(=O)O. The second kappa shape index (κ2) is 33.4. The van der Waals surface area contributed by atoms with Crippen molar-refractivity contribution in [3.8, 4) is 0 Å². The van der Waals surface area contributed by atoms with E-state index in [0.717, 1.165) is 4.90 Å². The van der Waals surface area contributed by atoms with Gasteiger partial charge in [0.15, 0.2) is 0 Å². The summed E-state index contributed by atoms with van der Waals surface area (Å²) >= 11 is 0. The molecule has 28 nitrogen and oxygen atoms in total. The van der Waals surface area contributed by atoms with E-state index in [1.165, 1.54) is 0 Å². The number of primary amides is 2. The van der Waals surface area contributed by atoms with Gasteiger partial charge in [-0.2, -0.15) is 0 Å². The molecule has 0 aromatic heterocycles. The summed E-state index contributed by atoms with van der Waals surface area (Å²) in [6, 6.07) is -14.1. The third kappa shape index (κ3) is 22.9. The number of nitrogens with two attached hydrogens (primary N) is 3. The van der Waals surface area contributed by atoms with Crippen LogP contribution in [0.25, 0.3) is 0 Å². The number of nitrogens with one attached hydrogen (secondary N) is 8. The zero-order chi connectivity index (χ0) is 59.9. The number of likely N-dealkylation sites (tertiary alicyclic amines) is 1. The Labute approximate surface area is 454 Å². The van der Waals surface area contributed by atoms with Crippen molar-refractivity contribution in [1.29, 1.82) is 0 Å². The molecule has 442 valence electrons. The van der Waals surface area contributed by atoms with Crippen molar-refractivity contribution in [1.82, 2.24) is 47.4 Å². The maximum atomic E-state index is 14.2. The highest BCUT2D eigenvalue weighted by Gasteiger charge is 2.42. The summed E-state index contributed by atoms with van der Waals surface area (Å²) in [7, 11) is 0. The number of carbonyl (C=O) groups is 13. The average Bonchev–Trinajstić information content (AvgIpc) is 3.84. The number of hydrogen-bond donors (Lipinski definition) is 14. The number of aliphatic hydroxyl groups excluding tert-OH is 1. The largest absolute Gasteiger partial charge is 0.481 e. The van der Waals surface area contributed by atoms with Crippen molar-refractivity contribution in [2.24, 2.45) is 46.8 Å². The predicted octanol–water partition coefficient (Wildman–Crippen LogP) is -3.28. The molecule has 28 heteroatoms. The zero-order valence-electron chi connectivity index (χ0n) is 46.5. The van der Waals surface area contributed by atoms with Crippen LogP contribution in [0.5, 0.6) is 0 Å². The fourth-order valence-electron chi connectivity index (χ4n) is 8.37. The Hall–Kier alpha value is -6.97. The minimum atomic E-state index is -1.69. The third-order valence-electron chi connectivity index (χ3n) is 13.2. The lowest BCUT2D eigenvalue weighted by Gasteiger charge is -2.32. The van der Waals surface area contributed by atoms with Gasteiger partial charge in [-0.15, -0.1) is 0 Å². The molecule has 0 unspecified atom stereocenters. The molecule has 0 aromatic carbocycles. The molecule has 1 aliphatic heterocycles. The first-order chi connectivity index (χ1) is 36.3. The van der Waals surface area contributed by atoms with Gasteiger partial charge in [0.25, 0.3) is 0 Å². The number of hydrogen-bond acceptors (Lipinski definition) is 15. The van der Waals surface area contributed by atoms with Gasteiger partial charge in [0.1, 0.15) is 54.4 Å². The molecule has 0 saturated carbocycles. The molecule has 78 heavy (non-hydrogen) atoms. The van der Waals surface area contributed by atoms with Crippen LogP contribution in [0.4, 0.5) is 0 Å². The molecule has 1 saturated heterocycles. The molecule has 0 aromatic rings. The summed E-state index contributed by atoms with van der Waals surface area (Å²) in [6.45, 7) is 15.9. The van der Waals surface area contributed by atoms with Crippen molar-refractivity contribution in [3.05, 3.63) is 0 Å². The summed E-state index contributed by atoms with van der Waals surface area (Å²) in [6.07, 6.45) is -1.14. The van der Waals surface area contributed by atoms with Gasteiger partial charge in [-0.25, -0.2) is 4.79 Å². The number of aliphatic hydroxyl groups is 1. The van der Waals surface area contributed by atoms with Gasteiger partial charge in [-0.05, 0) is 61.7 Å². The Morgan fingerprint density at radius 3 is 1.37 bits per heavy atom. The molecule has 0 radical (unpaired) electrons. The first kappa shape index (κ1) is 69.0. The van der Waals surface area contributed by atoms with Gasteiger partial charge < -0.3 is 80.0 Å². The average molecular weight is 1110 g/mol. The van der Waals surface area contributed by atoms with Gasteiger partial charge in [0.2, 0.25) is 65.0 Å². The van der Waals surface area contributed by atoms with Crippen LogP contribution in [0.2, 0.25) is 0 Å². The van der Waals surface area contributed by atoms with Crippen LogP contribution in [0.1, 0.15) is 133 Å². The normalized spacial score (nSPS) is 17.5. The lowest BCUT2D eigenvalue weighted by Crippen LogP contribution is -2.62. The Kier molecular flexibility index (Phi) is 29.5. The third-order valence-corrected chi connectivity index (χ3v) is 13.2. The zero-order valence-corrected chi connectivity index (χ0v) is 46.5. The number of carboxylic acids is 2. The van der Waals surface area contributed by atoms with Crippen LogP contribution in [-0.4, -0.2) is 171 Å². The van der Waals surface area contributed by atoms with Crippen molar-refractivity contribution in [3.63, 3.8) is 0 Å². The van der Waals surface area contributed by atoms with Gasteiger partial charge in [0, 0.05) is 13.0 Å². The molecular weight excluding hydrogens is 1020 g/mol. The van der Waals surface area contributed by atoms with E-state index in [-0.39, 0.29) is 37.6 Å². The Morgan fingerprint density at radius 1 is 0.538 bits per heavy atom. The highest BCUT2D eigenvalue weighted by molar-refractivity contribution is 5.99. The highest BCUT2D eigenvalue weighted by atomic mass is 16.4. The molecule has 12 atom stereocenters. The molecular formula is C50H86N12O16. The monoisotopic (exact) mass is 1110 g/mol. The van der Waals surface area contributed by atoms with Crippen molar-refractivity contribution < 1.29 is 77.6 Å². The summed E-state index contributed by atoms with van der Waals surface area (Å²) in [5.74, 6) is -14.8. The second-order valence-corrected chi connectivity index (χ2v) is 21.1. The molecule has 0 bridgehead atoms. The quantitative estimate of drug-likeness (QED) is 0.0296. The van der Waals surface area contributed by atoms with E-state index in [9.17, 15) is 77.6 Å². The highest BCUT2D eigenvalue weighted by Crippen LogP contribution is 2.22. The number of amides is 11. The number of carboxylic acid groups (broad SMARTS) is 2. The molecule has 0 aliphatic carbocycles. The predicted molar refractivity (Wildman–Crippen MR) is 280 cm³/mol. The lowest BCUT2D eigenvalue weighted by atomic mass is 9.96. The standard InChI is InChI=1S/C50H86N12O16/c1-11-26(9)39(60-41(68)28(51)20-35(52)64)47(74)54-29(15-16-37(66)67)49(76)62-17-13-14-34(62)45(72)59-38(25(7)8)46(73)55-31(19-24(5)6)43(70)58-33(22-63)44(71)61-40(27(10)12-2)48(75)56-30(18-23(3)4)42(69)57-32(50(77)78)21-36(53)65/h23-34,38-40,63H,11-22,51H2,1-10H3,(H2,52,64)(H2,53,65)(H,54,74)(H,55,73)(H,56,75)(H,57,69)(H,58,70)(H,59,72)(H,60,68)(H,61,71)(H,66,67)(H,77,78)/t26-,27-,28-,29-,30-,31-,32-,33-,34-,38-,39-,40-/m0/s1. The minimum absolute atomic E-state index is 0.00583. The maximum absolute atomic E-state index is 14.2. The van der Waals surface area contributed by atoms with Gasteiger partial charge in [0.05, 0.1) is 25.5 Å². The first-order valence-corrected chi connectivity index (χ1v) is 26.4. The Morgan fingerprint density at radius 2 is 0.962 bits per heavy atom. The maximum Gasteiger partial charge on any atom is 0.326 e. The molecule has 0 spiro atoms. The van der Waals surface area contributed by atoms with E-state index in [2.05, 4.69) is 42.5 Å². The minimum Gasteiger partial charge on any atom is -0.481 e. The van der Waals surface area contributed by atoms with Crippen LogP contribution in [0, 0.1) is 29.6 Å². The fraction of sp³-hybridized carbons (Fsp3) is 0.740. The van der Waals surface area contributed by atoms with Crippen LogP contribution >= 0.6 is 0 Å². The van der Waals surface area contributed by atoms with Crippen molar-refractivity contribution in [2.45, 2.75) is 194 Å². The van der Waals surface area contributed by atoms with Gasteiger partial charge in [-0.3, -0.25) is 57.5 Å². The first-order valence-electron chi connectivity index (χ1n) is 26.4. The summed E-state index contributed by atoms with van der Waals surface area (Å²) < 4.78 is 0. The van der Waals surface area contributed by atoms with E-state index < -0.39 is 187 Å². The summed E-state index contributed by atoms with van der Waals surface area (Å²) in [5.41, 5.74) is 16.1. The fourth-order valence-corrected chi connectivity index (χ4v) is 8.37. The van der Waals surface area contributed by atoms with Crippen LogP contribution in [-0.2, 0) is 62.3 Å². The van der Waals surface area contributed by atoms with Crippen molar-refractivity contribution >= 4 is 76.9 Å². The van der Waals surface area contributed by atoms with E-state index in [4.69, 9.17) is 17.2 Å². The Bertz CT molecular complexity index is 2140. The molecule has 17 N–H and O–H groups in total. The molecule has 1 rings (SSSR count). The van der Waals surface area contributed by atoms with E-state index in [0.29, 0.717) is 19.3 Å². The second-order valence-electron chi connectivity index (χ2n) is 21.1. The van der Waals surface area contributed by atoms with Gasteiger partial charge in [-0.1, -0.05) is 82.1 Å². The summed E-state index contributed by atoms with van der Waals surface area (Å²) in [5, 5.41) is 49.4. The van der Waals surface area contributed by atoms with Crippen LogP contribution < -0.4 is 59.7 Å².